The molecule has 1 rings (SSSR count). The molecule has 0 saturated carbocycles. The molecule has 6 nitrogen and oxygen atoms in total. The first-order valence-electron chi connectivity index (χ1n) is 9.82. The molecule has 1 heterocycles. The second kappa shape index (κ2) is 17.4. The van der Waals surface area contributed by atoms with Gasteiger partial charge in [0.05, 0.1) is 18.0 Å². The van der Waals surface area contributed by atoms with Crippen LogP contribution in [0.25, 0.3) is 0 Å². The van der Waals surface area contributed by atoms with Crippen molar-refractivity contribution in [3.8, 4) is 0 Å². The predicted molar refractivity (Wildman–Crippen MR) is 119 cm³/mol. The number of aryl methyl sites for hydroxylation is 1. The molecule has 0 aromatic carbocycles. The van der Waals surface area contributed by atoms with Crippen LogP contribution in [0.2, 0.25) is 0 Å². The molecule has 29 heavy (non-hydrogen) atoms. The summed E-state index contributed by atoms with van der Waals surface area (Å²) in [6.45, 7) is 13.3. The largest absolute Gasteiger partial charge is 0.465 e. The molecule has 0 spiro atoms. The van der Waals surface area contributed by atoms with E-state index in [1.165, 1.54) is 20.0 Å². The molecule has 0 bridgehead atoms. The van der Waals surface area contributed by atoms with Gasteiger partial charge in [0.25, 0.3) is 6.02 Å². The quantitative estimate of drug-likeness (QED) is 0.282. The minimum absolute atomic E-state index is 0.0587. The fourth-order valence-electron chi connectivity index (χ4n) is 1.87. The number of halogens is 1. The lowest BCUT2D eigenvalue weighted by molar-refractivity contribution is 0.112. The zero-order valence-corrected chi connectivity index (χ0v) is 18.9. The van der Waals surface area contributed by atoms with E-state index in [1.807, 2.05) is 33.8 Å². The Morgan fingerprint density at radius 2 is 1.90 bits per heavy atom. The predicted octanol–water partition coefficient (Wildman–Crippen LogP) is 5.69. The molecule has 0 fully saturated rings. The zero-order valence-electron chi connectivity index (χ0n) is 18.9. The number of anilines is 1. The Balaban J connectivity index is 0. The molecule has 7 heteroatoms. The van der Waals surface area contributed by atoms with Gasteiger partial charge in [0, 0.05) is 13.1 Å². The van der Waals surface area contributed by atoms with Gasteiger partial charge in [-0.1, -0.05) is 39.8 Å². The van der Waals surface area contributed by atoms with Crippen molar-refractivity contribution in [1.29, 1.82) is 0 Å². The first kappa shape index (κ1) is 28.5. The summed E-state index contributed by atoms with van der Waals surface area (Å²) in [5.41, 5.74) is 1.12. The van der Waals surface area contributed by atoms with Gasteiger partial charge in [0.1, 0.15) is 0 Å². The number of hydrogen-bond acceptors (Lipinski definition) is 5. The van der Waals surface area contributed by atoms with E-state index in [4.69, 9.17) is 9.15 Å². The number of hydrogen-bond donors (Lipinski definition) is 1. The van der Waals surface area contributed by atoms with Crippen molar-refractivity contribution in [1.82, 2.24) is 0 Å². The lowest BCUT2D eigenvalue weighted by Gasteiger charge is -2.11. The van der Waals surface area contributed by atoms with Crippen LogP contribution >= 0.6 is 0 Å². The summed E-state index contributed by atoms with van der Waals surface area (Å²) in [7, 11) is 1.53. The summed E-state index contributed by atoms with van der Waals surface area (Å²) in [5.74, 6) is -0.0388. The molecule has 0 unspecified atom stereocenters. The molecule has 0 aliphatic rings. The molecule has 0 aliphatic heterocycles. The molecule has 0 saturated heterocycles. The highest BCUT2D eigenvalue weighted by Gasteiger charge is 2.13. The van der Waals surface area contributed by atoms with Crippen molar-refractivity contribution in [2.45, 2.75) is 61.3 Å². The number of rotatable bonds is 6. The van der Waals surface area contributed by atoms with Gasteiger partial charge in [-0.3, -0.25) is 10.1 Å². The Morgan fingerprint density at radius 3 is 2.31 bits per heavy atom. The van der Waals surface area contributed by atoms with Crippen molar-refractivity contribution in [3.63, 3.8) is 0 Å². The molecular weight excluding hydrogens is 375 g/mol. The minimum Gasteiger partial charge on any atom is -0.465 e. The zero-order chi connectivity index (χ0) is 22.8. The van der Waals surface area contributed by atoms with E-state index in [0.717, 1.165) is 12.0 Å². The van der Waals surface area contributed by atoms with Crippen LogP contribution in [0, 0.1) is 0 Å². The summed E-state index contributed by atoms with van der Waals surface area (Å²) in [4.78, 5) is 26.3. The van der Waals surface area contributed by atoms with Gasteiger partial charge in [-0.05, 0) is 44.7 Å². The Bertz CT molecular complexity index is 746. The van der Waals surface area contributed by atoms with Crippen molar-refractivity contribution in [2.75, 3.05) is 19.0 Å². The average molecular weight is 411 g/mol. The Hall–Kier alpha value is -2.70. The van der Waals surface area contributed by atoms with Gasteiger partial charge < -0.3 is 9.15 Å². The van der Waals surface area contributed by atoms with Crippen molar-refractivity contribution >= 4 is 18.2 Å². The maximum absolute atomic E-state index is 12.2. The van der Waals surface area contributed by atoms with Gasteiger partial charge in [0.15, 0.2) is 6.29 Å². The molecule has 0 atom stereocenters. The van der Waals surface area contributed by atoms with E-state index in [2.05, 4.69) is 10.3 Å². The summed E-state index contributed by atoms with van der Waals surface area (Å²) in [6, 6.07) is 1.50. The number of allylic oxidation sites excluding steroid dienone is 4. The Morgan fingerprint density at radius 1 is 1.28 bits per heavy atom. The SMILES string of the molecule is CC.CC/C=C\C(C)=C(/C)F.CCOC(=NC)Nc1oc(=O)cc(CC)c1C=O. The maximum Gasteiger partial charge on any atom is 0.337 e. The highest BCUT2D eigenvalue weighted by Crippen LogP contribution is 2.16. The first-order valence-corrected chi connectivity index (χ1v) is 9.82. The summed E-state index contributed by atoms with van der Waals surface area (Å²) >= 11 is 0. The monoisotopic (exact) mass is 410 g/mol. The van der Waals surface area contributed by atoms with E-state index in [-0.39, 0.29) is 17.7 Å². The minimum atomic E-state index is -0.521. The lowest BCUT2D eigenvalue weighted by atomic mass is 10.1. The lowest BCUT2D eigenvalue weighted by Crippen LogP contribution is -2.19. The van der Waals surface area contributed by atoms with E-state index in [9.17, 15) is 14.0 Å². The smallest absolute Gasteiger partial charge is 0.337 e. The summed E-state index contributed by atoms with van der Waals surface area (Å²) in [6.07, 6.45) is 5.91. The number of carbonyl (C=O) groups excluding carboxylic acids is 1. The van der Waals surface area contributed by atoms with Gasteiger partial charge in [-0.2, -0.15) is 0 Å². The summed E-state index contributed by atoms with van der Waals surface area (Å²) < 4.78 is 22.4. The van der Waals surface area contributed by atoms with Crippen LogP contribution in [-0.2, 0) is 11.2 Å². The van der Waals surface area contributed by atoms with Crippen LogP contribution < -0.4 is 10.9 Å². The number of nitrogens with one attached hydrogen (secondary N) is 1. The molecule has 0 radical (unpaired) electrons. The third kappa shape index (κ3) is 11.7. The Kier molecular flexibility index (Phi) is 17.1. The fourth-order valence-corrected chi connectivity index (χ4v) is 1.87. The second-order valence-electron chi connectivity index (χ2n) is 5.42. The van der Waals surface area contributed by atoms with Crippen LogP contribution in [0.3, 0.4) is 0 Å². The summed E-state index contributed by atoms with van der Waals surface area (Å²) in [5, 5.41) is 2.69. The number of ether oxygens (including phenoxy) is 1. The van der Waals surface area contributed by atoms with Gasteiger partial charge in [-0.25, -0.2) is 14.2 Å². The van der Waals surface area contributed by atoms with Crippen molar-refractivity contribution in [3.05, 3.63) is 51.2 Å². The first-order chi connectivity index (χ1) is 13.8. The molecular formula is C22H35FN2O4. The highest BCUT2D eigenvalue weighted by molar-refractivity contribution is 5.93. The average Bonchev–Trinajstić information content (AvgIpc) is 2.72. The van der Waals surface area contributed by atoms with E-state index >= 15 is 0 Å². The van der Waals surface area contributed by atoms with Crippen LogP contribution in [0.4, 0.5) is 10.3 Å². The standard InChI is InChI=1S/C12H16N2O4.C8H13F.C2H6/c1-4-8-6-10(16)18-11(9(8)7-15)14-12(13-3)17-5-2;1-4-5-6-7(2)8(3)9;1-2/h6-7H,4-5H2,1-3H3,(H,13,14);5-6H,4H2,1-3H3;1-2H3/b;6-5-,8-7+;. The van der Waals surface area contributed by atoms with E-state index in [1.54, 1.807) is 19.9 Å². The number of aldehydes is 1. The third-order valence-electron chi connectivity index (χ3n) is 3.44. The van der Waals surface area contributed by atoms with Crippen molar-refractivity contribution in [2.24, 2.45) is 4.99 Å². The van der Waals surface area contributed by atoms with Crippen LogP contribution in [0.1, 0.15) is 70.8 Å². The van der Waals surface area contributed by atoms with Crippen LogP contribution in [0.15, 0.2) is 43.8 Å². The van der Waals surface area contributed by atoms with Crippen LogP contribution in [0.5, 0.6) is 0 Å². The maximum atomic E-state index is 12.2. The van der Waals surface area contributed by atoms with Crippen LogP contribution in [-0.4, -0.2) is 26.0 Å². The topological polar surface area (TPSA) is 80.9 Å². The molecule has 1 aromatic rings. The van der Waals surface area contributed by atoms with Gasteiger partial charge in [-0.15, -0.1) is 0 Å². The van der Waals surface area contributed by atoms with E-state index in [0.29, 0.717) is 30.4 Å². The number of amidine groups is 1. The molecule has 164 valence electrons. The third-order valence-corrected chi connectivity index (χ3v) is 3.44. The van der Waals surface area contributed by atoms with Gasteiger partial charge in [0.2, 0.25) is 5.88 Å². The van der Waals surface area contributed by atoms with E-state index < -0.39 is 5.63 Å². The second-order valence-corrected chi connectivity index (χ2v) is 5.42. The molecule has 0 aliphatic carbocycles. The fraction of sp³-hybridized carbons (Fsp3) is 0.500. The molecule has 0 amide bonds. The number of nitrogens with zero attached hydrogens (tertiary/aromatic N) is 1. The Labute approximate surface area is 173 Å². The normalized spacial score (nSPS) is 11.6. The highest BCUT2D eigenvalue weighted by atomic mass is 19.1. The number of aliphatic imine (C=N–C) groups is 1. The van der Waals surface area contributed by atoms with Crippen molar-refractivity contribution < 1.29 is 18.3 Å². The number of carbonyl (C=O) groups is 1. The molecule has 1 aromatic heterocycles. The molecule has 1 N–H and O–H groups in total. The van der Waals surface area contributed by atoms with Gasteiger partial charge >= 0.3 is 5.63 Å².